The summed E-state index contributed by atoms with van der Waals surface area (Å²) in [5.41, 5.74) is 1.27. The monoisotopic (exact) mass is 256 g/mol. The normalized spacial score (nSPS) is 9.95. The van der Waals surface area contributed by atoms with Gasteiger partial charge in [0.05, 0.1) is 11.8 Å². The van der Waals surface area contributed by atoms with Crippen LogP contribution in [-0.4, -0.2) is 20.8 Å². The molecule has 0 unspecified atom stereocenters. The largest absolute Gasteiger partial charge is 0.507 e. The van der Waals surface area contributed by atoms with E-state index in [-0.39, 0.29) is 16.9 Å². The van der Waals surface area contributed by atoms with Gasteiger partial charge in [0.15, 0.2) is 0 Å². The van der Waals surface area contributed by atoms with Crippen molar-refractivity contribution in [2.24, 2.45) is 7.05 Å². The van der Waals surface area contributed by atoms with Gasteiger partial charge in [-0.2, -0.15) is 10.4 Å². The molecule has 0 spiro atoms. The van der Waals surface area contributed by atoms with Crippen molar-refractivity contribution in [2.45, 2.75) is 6.92 Å². The highest BCUT2D eigenvalue weighted by Gasteiger charge is 2.15. The van der Waals surface area contributed by atoms with Crippen molar-refractivity contribution in [1.29, 1.82) is 5.26 Å². The SMILES string of the molecule is Cc1ccc(C(=O)Nc2c(C#N)cnn2C)c(O)c1. The number of benzene rings is 1. The predicted molar refractivity (Wildman–Crippen MR) is 68.7 cm³/mol. The van der Waals surface area contributed by atoms with Crippen LogP contribution in [0.4, 0.5) is 5.82 Å². The maximum absolute atomic E-state index is 12.0. The van der Waals surface area contributed by atoms with E-state index in [0.29, 0.717) is 5.82 Å². The van der Waals surface area contributed by atoms with Crippen molar-refractivity contribution < 1.29 is 9.90 Å². The summed E-state index contributed by atoms with van der Waals surface area (Å²) in [6, 6.07) is 6.70. The number of aromatic hydroxyl groups is 1. The first kappa shape index (κ1) is 12.6. The molecule has 0 aliphatic rings. The van der Waals surface area contributed by atoms with Crippen LogP contribution in [0, 0.1) is 18.3 Å². The molecular formula is C13H12N4O2. The van der Waals surface area contributed by atoms with Gasteiger partial charge in [-0.25, -0.2) is 0 Å². The molecule has 0 saturated heterocycles. The molecule has 96 valence electrons. The quantitative estimate of drug-likeness (QED) is 0.853. The Labute approximate surface area is 109 Å². The molecule has 0 aliphatic carbocycles. The molecule has 0 saturated carbocycles. The molecular weight excluding hydrogens is 244 g/mol. The van der Waals surface area contributed by atoms with Crippen LogP contribution in [0.5, 0.6) is 5.75 Å². The summed E-state index contributed by atoms with van der Waals surface area (Å²) in [7, 11) is 1.62. The molecule has 1 amide bonds. The minimum Gasteiger partial charge on any atom is -0.507 e. The molecule has 2 aromatic rings. The van der Waals surface area contributed by atoms with E-state index in [4.69, 9.17) is 5.26 Å². The molecule has 0 atom stereocenters. The zero-order chi connectivity index (χ0) is 14.0. The Bertz CT molecular complexity index is 682. The third kappa shape index (κ3) is 2.40. The van der Waals surface area contributed by atoms with Crippen molar-refractivity contribution in [3.05, 3.63) is 41.1 Å². The number of nitrogens with one attached hydrogen (secondary N) is 1. The minimum atomic E-state index is -0.488. The first-order chi connectivity index (χ1) is 9.02. The van der Waals surface area contributed by atoms with E-state index in [1.807, 2.05) is 13.0 Å². The van der Waals surface area contributed by atoms with Crippen LogP contribution in [0.2, 0.25) is 0 Å². The number of carbonyl (C=O) groups is 1. The molecule has 1 heterocycles. The molecule has 6 nitrogen and oxygen atoms in total. The maximum atomic E-state index is 12.0. The summed E-state index contributed by atoms with van der Waals surface area (Å²) in [4.78, 5) is 12.0. The van der Waals surface area contributed by atoms with E-state index in [1.54, 1.807) is 13.1 Å². The Morgan fingerprint density at radius 2 is 2.26 bits per heavy atom. The number of phenols is 1. The molecule has 19 heavy (non-hydrogen) atoms. The fraction of sp³-hybridized carbons (Fsp3) is 0.154. The van der Waals surface area contributed by atoms with Gasteiger partial charge in [-0.05, 0) is 24.6 Å². The summed E-state index contributed by atoms with van der Waals surface area (Å²) in [5, 5.41) is 25.1. The van der Waals surface area contributed by atoms with Crippen LogP contribution >= 0.6 is 0 Å². The molecule has 0 fully saturated rings. The van der Waals surface area contributed by atoms with Crippen molar-refractivity contribution in [2.75, 3.05) is 5.32 Å². The number of carbonyl (C=O) groups excluding carboxylic acids is 1. The molecule has 2 N–H and O–H groups in total. The van der Waals surface area contributed by atoms with Gasteiger partial charge in [0, 0.05) is 7.05 Å². The molecule has 0 aliphatic heterocycles. The molecule has 2 rings (SSSR count). The number of rotatable bonds is 2. The lowest BCUT2D eigenvalue weighted by Gasteiger charge is -2.08. The van der Waals surface area contributed by atoms with Crippen LogP contribution in [0.1, 0.15) is 21.5 Å². The fourth-order valence-corrected chi connectivity index (χ4v) is 1.68. The van der Waals surface area contributed by atoms with Gasteiger partial charge in [0.1, 0.15) is 23.2 Å². The van der Waals surface area contributed by atoms with Gasteiger partial charge in [-0.1, -0.05) is 6.07 Å². The summed E-state index contributed by atoms with van der Waals surface area (Å²) >= 11 is 0. The predicted octanol–water partition coefficient (Wildman–Crippen LogP) is 1.56. The second-order valence-electron chi connectivity index (χ2n) is 4.12. The molecule has 1 aromatic carbocycles. The van der Waals surface area contributed by atoms with E-state index in [2.05, 4.69) is 10.4 Å². The van der Waals surface area contributed by atoms with Crippen molar-refractivity contribution in [3.63, 3.8) is 0 Å². The van der Waals surface area contributed by atoms with Crippen LogP contribution in [0.25, 0.3) is 0 Å². The number of anilines is 1. The molecule has 6 heteroatoms. The Morgan fingerprint density at radius 1 is 1.53 bits per heavy atom. The lowest BCUT2D eigenvalue weighted by molar-refractivity contribution is 0.102. The van der Waals surface area contributed by atoms with E-state index < -0.39 is 5.91 Å². The topological polar surface area (TPSA) is 90.9 Å². The van der Waals surface area contributed by atoms with Gasteiger partial charge in [0.2, 0.25) is 0 Å². The highest BCUT2D eigenvalue weighted by atomic mass is 16.3. The fourth-order valence-electron chi connectivity index (χ4n) is 1.68. The van der Waals surface area contributed by atoms with Crippen LogP contribution in [0.3, 0.4) is 0 Å². The first-order valence-corrected chi connectivity index (χ1v) is 5.56. The van der Waals surface area contributed by atoms with Gasteiger partial charge in [-0.15, -0.1) is 0 Å². The zero-order valence-corrected chi connectivity index (χ0v) is 10.5. The van der Waals surface area contributed by atoms with Crippen LogP contribution < -0.4 is 5.32 Å². The summed E-state index contributed by atoms with van der Waals surface area (Å²) in [5.74, 6) is -0.289. The summed E-state index contributed by atoms with van der Waals surface area (Å²) in [6.45, 7) is 1.82. The van der Waals surface area contributed by atoms with Crippen molar-refractivity contribution >= 4 is 11.7 Å². The smallest absolute Gasteiger partial charge is 0.260 e. The number of nitriles is 1. The number of hydrogen-bond acceptors (Lipinski definition) is 4. The van der Waals surface area contributed by atoms with Crippen LogP contribution in [0.15, 0.2) is 24.4 Å². The second kappa shape index (κ2) is 4.82. The Morgan fingerprint density at radius 3 is 2.89 bits per heavy atom. The average molecular weight is 256 g/mol. The minimum absolute atomic E-state index is 0.0989. The van der Waals surface area contributed by atoms with Gasteiger partial charge in [-0.3, -0.25) is 9.48 Å². The van der Waals surface area contributed by atoms with Crippen molar-refractivity contribution in [3.8, 4) is 11.8 Å². The third-order valence-corrected chi connectivity index (χ3v) is 2.69. The van der Waals surface area contributed by atoms with E-state index in [0.717, 1.165) is 5.56 Å². The van der Waals surface area contributed by atoms with Gasteiger partial charge >= 0.3 is 0 Å². The number of aromatic nitrogens is 2. The van der Waals surface area contributed by atoms with Gasteiger partial charge < -0.3 is 10.4 Å². The van der Waals surface area contributed by atoms with Crippen molar-refractivity contribution in [1.82, 2.24) is 9.78 Å². The summed E-state index contributed by atoms with van der Waals surface area (Å²) in [6.07, 6.45) is 1.37. The number of phenolic OH excluding ortho intramolecular Hbond substituents is 1. The molecule has 0 bridgehead atoms. The molecule has 0 radical (unpaired) electrons. The Balaban J connectivity index is 2.31. The number of hydrogen-bond donors (Lipinski definition) is 2. The Kier molecular flexibility index (Phi) is 3.21. The lowest BCUT2D eigenvalue weighted by atomic mass is 10.1. The van der Waals surface area contributed by atoms with E-state index in [9.17, 15) is 9.90 Å². The highest BCUT2D eigenvalue weighted by Crippen LogP contribution is 2.21. The average Bonchev–Trinajstić information content (AvgIpc) is 2.70. The summed E-state index contributed by atoms with van der Waals surface area (Å²) < 4.78 is 1.39. The van der Waals surface area contributed by atoms with Gasteiger partial charge in [0.25, 0.3) is 5.91 Å². The zero-order valence-electron chi connectivity index (χ0n) is 10.5. The second-order valence-corrected chi connectivity index (χ2v) is 4.12. The standard InChI is InChI=1S/C13H12N4O2/c1-8-3-4-10(11(18)5-8)13(19)16-12-9(6-14)7-15-17(12)2/h3-5,7,18H,1-2H3,(H,16,19). The third-order valence-electron chi connectivity index (χ3n) is 2.69. The lowest BCUT2D eigenvalue weighted by Crippen LogP contribution is -2.15. The van der Waals surface area contributed by atoms with Crippen LogP contribution in [-0.2, 0) is 7.05 Å². The first-order valence-electron chi connectivity index (χ1n) is 5.56. The number of nitrogens with zero attached hydrogens (tertiary/aromatic N) is 3. The number of amides is 1. The highest BCUT2D eigenvalue weighted by molar-refractivity contribution is 6.06. The maximum Gasteiger partial charge on any atom is 0.260 e. The number of aryl methyl sites for hydroxylation is 2. The van der Waals surface area contributed by atoms with E-state index in [1.165, 1.54) is 23.0 Å². The Hall–Kier alpha value is -2.81. The van der Waals surface area contributed by atoms with E-state index >= 15 is 0 Å². The molecule has 1 aromatic heterocycles.